The molecule has 1 rings (SSSR count). The lowest BCUT2D eigenvalue weighted by molar-refractivity contribution is 0.0588. The van der Waals surface area contributed by atoms with E-state index >= 15 is 0 Å². The fourth-order valence-corrected chi connectivity index (χ4v) is 0.790. The summed E-state index contributed by atoms with van der Waals surface area (Å²) in [4.78, 5) is 3.98. The van der Waals surface area contributed by atoms with E-state index in [0.717, 1.165) is 5.56 Å². The van der Waals surface area contributed by atoms with Crippen LogP contribution in [0.25, 0.3) is 0 Å². The Morgan fingerprint density at radius 1 is 1.67 bits per heavy atom. The largest absolute Gasteiger partial charge is 0.372 e. The molecule has 0 saturated carbocycles. The molecule has 0 bridgehead atoms. The Labute approximate surface area is 72.6 Å². The minimum Gasteiger partial charge on any atom is -0.372 e. The van der Waals surface area contributed by atoms with Crippen molar-refractivity contribution in [3.8, 4) is 0 Å². The van der Waals surface area contributed by atoms with Gasteiger partial charge in [0.2, 0.25) is 0 Å². The molecule has 0 radical (unpaired) electrons. The molecule has 1 aromatic rings. The standard InChI is InChI=1S/C9H14N2O/c1-8(5-10)12-7-9-3-2-4-11-6-9/h2-4,6,8H,5,7,10H2,1H3. The third kappa shape index (κ3) is 2.98. The van der Waals surface area contributed by atoms with Crippen molar-refractivity contribution in [1.29, 1.82) is 0 Å². The van der Waals surface area contributed by atoms with Crippen LogP contribution in [0, 0.1) is 0 Å². The van der Waals surface area contributed by atoms with E-state index in [4.69, 9.17) is 10.5 Å². The van der Waals surface area contributed by atoms with Gasteiger partial charge < -0.3 is 10.5 Å². The molecular weight excluding hydrogens is 152 g/mol. The second-order valence-corrected chi connectivity index (χ2v) is 2.72. The molecule has 0 aliphatic heterocycles. The number of nitrogens with zero attached hydrogens (tertiary/aromatic N) is 1. The summed E-state index contributed by atoms with van der Waals surface area (Å²) < 4.78 is 5.41. The van der Waals surface area contributed by atoms with Crippen LogP contribution in [0.2, 0.25) is 0 Å². The molecule has 12 heavy (non-hydrogen) atoms. The Balaban J connectivity index is 2.33. The zero-order chi connectivity index (χ0) is 8.81. The van der Waals surface area contributed by atoms with Gasteiger partial charge in [0.1, 0.15) is 0 Å². The van der Waals surface area contributed by atoms with Gasteiger partial charge in [-0.2, -0.15) is 0 Å². The van der Waals surface area contributed by atoms with Crippen molar-refractivity contribution >= 4 is 0 Å². The van der Waals surface area contributed by atoms with Gasteiger partial charge in [0.15, 0.2) is 0 Å². The molecule has 0 aliphatic rings. The SMILES string of the molecule is CC(CN)OCc1cccnc1. The molecule has 1 heterocycles. The van der Waals surface area contributed by atoms with E-state index in [-0.39, 0.29) is 6.10 Å². The highest BCUT2D eigenvalue weighted by Crippen LogP contribution is 2.00. The van der Waals surface area contributed by atoms with E-state index in [0.29, 0.717) is 13.2 Å². The van der Waals surface area contributed by atoms with E-state index < -0.39 is 0 Å². The predicted octanol–water partition coefficient (Wildman–Crippen LogP) is 0.945. The van der Waals surface area contributed by atoms with Gasteiger partial charge in [-0.05, 0) is 18.6 Å². The lowest BCUT2D eigenvalue weighted by atomic mass is 10.3. The van der Waals surface area contributed by atoms with E-state index in [2.05, 4.69) is 4.98 Å². The van der Waals surface area contributed by atoms with Crippen LogP contribution in [0.3, 0.4) is 0 Å². The highest BCUT2D eigenvalue weighted by molar-refractivity contribution is 5.06. The van der Waals surface area contributed by atoms with E-state index in [1.54, 1.807) is 12.4 Å². The average Bonchev–Trinajstić information content (AvgIpc) is 2.16. The fraction of sp³-hybridized carbons (Fsp3) is 0.444. The Hall–Kier alpha value is -0.930. The molecule has 3 heteroatoms. The second-order valence-electron chi connectivity index (χ2n) is 2.72. The first-order valence-corrected chi connectivity index (χ1v) is 4.03. The molecule has 3 nitrogen and oxygen atoms in total. The monoisotopic (exact) mass is 166 g/mol. The van der Waals surface area contributed by atoms with Gasteiger partial charge in [-0.3, -0.25) is 4.98 Å². The first kappa shape index (κ1) is 9.16. The summed E-state index contributed by atoms with van der Waals surface area (Å²) in [5, 5.41) is 0. The summed E-state index contributed by atoms with van der Waals surface area (Å²) in [6.07, 6.45) is 3.66. The average molecular weight is 166 g/mol. The number of rotatable bonds is 4. The Kier molecular flexibility index (Phi) is 3.70. The molecule has 1 unspecified atom stereocenters. The zero-order valence-corrected chi connectivity index (χ0v) is 7.23. The van der Waals surface area contributed by atoms with Gasteiger partial charge in [-0.1, -0.05) is 6.07 Å². The number of aromatic nitrogens is 1. The molecule has 1 aromatic heterocycles. The number of hydrogen-bond donors (Lipinski definition) is 1. The molecule has 0 amide bonds. The smallest absolute Gasteiger partial charge is 0.0736 e. The van der Waals surface area contributed by atoms with Gasteiger partial charge in [0.05, 0.1) is 12.7 Å². The van der Waals surface area contributed by atoms with Crippen LogP contribution >= 0.6 is 0 Å². The summed E-state index contributed by atoms with van der Waals surface area (Å²) in [6, 6.07) is 3.88. The van der Waals surface area contributed by atoms with Crippen LogP contribution in [0.1, 0.15) is 12.5 Å². The van der Waals surface area contributed by atoms with Crippen LogP contribution in [-0.2, 0) is 11.3 Å². The first-order chi connectivity index (χ1) is 5.83. The molecule has 0 saturated heterocycles. The second kappa shape index (κ2) is 4.85. The normalized spacial score (nSPS) is 12.8. The lowest BCUT2D eigenvalue weighted by Crippen LogP contribution is -2.19. The quantitative estimate of drug-likeness (QED) is 0.724. The molecule has 0 spiro atoms. The summed E-state index contributed by atoms with van der Waals surface area (Å²) in [5.41, 5.74) is 6.48. The molecule has 2 N–H and O–H groups in total. The van der Waals surface area contributed by atoms with Gasteiger partial charge in [0, 0.05) is 18.9 Å². The van der Waals surface area contributed by atoms with Gasteiger partial charge in [-0.25, -0.2) is 0 Å². The van der Waals surface area contributed by atoms with E-state index in [1.807, 2.05) is 19.1 Å². The van der Waals surface area contributed by atoms with Crippen molar-refractivity contribution in [3.05, 3.63) is 30.1 Å². The van der Waals surface area contributed by atoms with Crippen LogP contribution in [-0.4, -0.2) is 17.6 Å². The highest BCUT2D eigenvalue weighted by atomic mass is 16.5. The van der Waals surface area contributed by atoms with Crippen molar-refractivity contribution in [2.75, 3.05) is 6.54 Å². The van der Waals surface area contributed by atoms with Gasteiger partial charge >= 0.3 is 0 Å². The van der Waals surface area contributed by atoms with Crippen LogP contribution in [0.15, 0.2) is 24.5 Å². The maximum absolute atomic E-state index is 5.41. The molecule has 0 fully saturated rings. The van der Waals surface area contributed by atoms with Crippen LogP contribution in [0.5, 0.6) is 0 Å². The molecule has 0 aromatic carbocycles. The fourth-order valence-electron chi connectivity index (χ4n) is 0.790. The van der Waals surface area contributed by atoms with Gasteiger partial charge in [0.25, 0.3) is 0 Å². The lowest BCUT2D eigenvalue weighted by Gasteiger charge is -2.09. The topological polar surface area (TPSA) is 48.1 Å². The van der Waals surface area contributed by atoms with Crippen molar-refractivity contribution in [2.45, 2.75) is 19.6 Å². The van der Waals surface area contributed by atoms with E-state index in [1.165, 1.54) is 0 Å². The van der Waals surface area contributed by atoms with Crippen molar-refractivity contribution < 1.29 is 4.74 Å². The number of hydrogen-bond acceptors (Lipinski definition) is 3. The summed E-state index contributed by atoms with van der Waals surface area (Å²) in [5.74, 6) is 0. The minimum atomic E-state index is 0.116. The third-order valence-corrected chi connectivity index (χ3v) is 1.59. The maximum Gasteiger partial charge on any atom is 0.0736 e. The predicted molar refractivity (Wildman–Crippen MR) is 47.5 cm³/mol. The van der Waals surface area contributed by atoms with Crippen molar-refractivity contribution in [1.82, 2.24) is 4.98 Å². The molecule has 1 atom stereocenters. The third-order valence-electron chi connectivity index (χ3n) is 1.59. The number of ether oxygens (including phenoxy) is 1. The maximum atomic E-state index is 5.41. The molecule has 66 valence electrons. The number of nitrogens with two attached hydrogens (primary N) is 1. The zero-order valence-electron chi connectivity index (χ0n) is 7.23. The minimum absolute atomic E-state index is 0.116. The summed E-state index contributed by atoms with van der Waals surface area (Å²) in [7, 11) is 0. The van der Waals surface area contributed by atoms with Crippen LogP contribution < -0.4 is 5.73 Å². The summed E-state index contributed by atoms with van der Waals surface area (Å²) >= 11 is 0. The van der Waals surface area contributed by atoms with Crippen molar-refractivity contribution in [3.63, 3.8) is 0 Å². The Morgan fingerprint density at radius 2 is 2.50 bits per heavy atom. The molecular formula is C9H14N2O. The van der Waals surface area contributed by atoms with Gasteiger partial charge in [-0.15, -0.1) is 0 Å². The Morgan fingerprint density at radius 3 is 3.08 bits per heavy atom. The first-order valence-electron chi connectivity index (χ1n) is 4.03. The summed E-state index contributed by atoms with van der Waals surface area (Å²) in [6.45, 7) is 3.10. The van der Waals surface area contributed by atoms with Crippen molar-refractivity contribution in [2.24, 2.45) is 5.73 Å². The highest BCUT2D eigenvalue weighted by Gasteiger charge is 1.98. The van der Waals surface area contributed by atoms with E-state index in [9.17, 15) is 0 Å². The Bertz CT molecular complexity index is 213. The number of pyridine rings is 1. The van der Waals surface area contributed by atoms with Crippen LogP contribution in [0.4, 0.5) is 0 Å². The molecule has 0 aliphatic carbocycles.